The molecule has 2 aromatic carbocycles. The number of halogens is 1. The van der Waals surface area contributed by atoms with Gasteiger partial charge < -0.3 is 14.8 Å². The zero-order valence-electron chi connectivity index (χ0n) is 28.5. The van der Waals surface area contributed by atoms with E-state index in [0.29, 0.717) is 11.6 Å². The van der Waals surface area contributed by atoms with Gasteiger partial charge in [0.05, 0.1) is 35.1 Å². The average molecular weight is 665 g/mol. The molecular formula is C35H45FN6O4S. The number of sulfonamides is 1. The predicted octanol–water partition coefficient (Wildman–Crippen LogP) is 6.98. The SMILES string of the molecule is COc1ccc(CN2Cc3c(ccc(Nc4cc(C5CCC(Oc6c(C(C)(C)C)cnn6C)C5)nn4C(C)(C)C)c3F)S2(=O)=O)cc1. The van der Waals surface area contributed by atoms with Crippen LogP contribution < -0.4 is 14.8 Å². The molecule has 3 heterocycles. The van der Waals surface area contributed by atoms with E-state index in [1.807, 2.05) is 36.1 Å². The van der Waals surface area contributed by atoms with Gasteiger partial charge in [-0.3, -0.25) is 0 Å². The number of rotatable bonds is 8. The standard InChI is InChI=1S/C35H45FN6O4S/c1-34(2,3)27-19-37-40(7)33(27)46-25-14-11-23(17-25)29-18-31(42(39-29)35(4,5)6)38-28-15-16-30-26(32(28)36)21-41(47(30,43)44)20-22-9-12-24(45-8)13-10-22/h9-10,12-13,15-16,18-19,23,25,38H,11,14,17,20-21H2,1-8H3. The van der Waals surface area contributed by atoms with Crippen LogP contribution in [0.1, 0.15) is 89.1 Å². The van der Waals surface area contributed by atoms with Gasteiger partial charge in [-0.15, -0.1) is 0 Å². The van der Waals surface area contributed by atoms with Crippen molar-refractivity contribution in [2.24, 2.45) is 7.05 Å². The van der Waals surface area contributed by atoms with Crippen LogP contribution in [0.15, 0.2) is 53.6 Å². The number of aromatic nitrogens is 4. The summed E-state index contributed by atoms with van der Waals surface area (Å²) in [6.07, 6.45) is 4.54. The Morgan fingerprint density at radius 2 is 1.77 bits per heavy atom. The fraction of sp³-hybridized carbons (Fsp3) is 0.486. The number of anilines is 2. The highest BCUT2D eigenvalue weighted by Crippen LogP contribution is 2.41. The molecular weight excluding hydrogens is 619 g/mol. The minimum atomic E-state index is -3.85. The number of nitrogens with one attached hydrogen (secondary N) is 1. The number of benzene rings is 2. The molecule has 4 aromatic rings. The van der Waals surface area contributed by atoms with Gasteiger partial charge in [0.1, 0.15) is 17.7 Å². The molecule has 1 fully saturated rings. The van der Waals surface area contributed by atoms with E-state index in [4.69, 9.17) is 14.6 Å². The summed E-state index contributed by atoms with van der Waals surface area (Å²) in [5, 5.41) is 12.7. The first-order valence-electron chi connectivity index (χ1n) is 16.1. The third-order valence-electron chi connectivity index (χ3n) is 9.07. The van der Waals surface area contributed by atoms with Gasteiger partial charge >= 0.3 is 0 Å². The molecule has 2 unspecified atom stereocenters. The molecule has 252 valence electrons. The van der Waals surface area contributed by atoms with Crippen molar-refractivity contribution >= 4 is 21.5 Å². The summed E-state index contributed by atoms with van der Waals surface area (Å²) in [5.41, 5.74) is 2.68. The molecule has 6 rings (SSSR count). The van der Waals surface area contributed by atoms with Gasteiger partial charge in [0.2, 0.25) is 15.9 Å². The zero-order chi connectivity index (χ0) is 33.9. The van der Waals surface area contributed by atoms with E-state index < -0.39 is 21.4 Å². The predicted molar refractivity (Wildman–Crippen MR) is 179 cm³/mol. The van der Waals surface area contributed by atoms with Crippen LogP contribution >= 0.6 is 0 Å². The van der Waals surface area contributed by atoms with Crippen molar-refractivity contribution in [3.63, 3.8) is 0 Å². The van der Waals surface area contributed by atoms with Crippen molar-refractivity contribution in [2.45, 2.75) is 102 Å². The lowest BCUT2D eigenvalue weighted by Gasteiger charge is -2.23. The van der Waals surface area contributed by atoms with Crippen LogP contribution in [0, 0.1) is 5.82 Å². The smallest absolute Gasteiger partial charge is 0.244 e. The van der Waals surface area contributed by atoms with Crippen LogP contribution in [0.4, 0.5) is 15.9 Å². The Kier molecular flexibility index (Phi) is 8.40. The summed E-state index contributed by atoms with van der Waals surface area (Å²) in [6.45, 7) is 12.7. The highest BCUT2D eigenvalue weighted by atomic mass is 32.2. The van der Waals surface area contributed by atoms with Gasteiger partial charge in [0.25, 0.3) is 0 Å². The summed E-state index contributed by atoms with van der Waals surface area (Å²) in [4.78, 5) is -0.000817. The third kappa shape index (κ3) is 6.37. The van der Waals surface area contributed by atoms with Crippen molar-refractivity contribution in [3.05, 3.63) is 76.9 Å². The van der Waals surface area contributed by atoms with Crippen LogP contribution in [0.3, 0.4) is 0 Å². The van der Waals surface area contributed by atoms with Gasteiger partial charge in [0.15, 0.2) is 5.82 Å². The molecule has 0 saturated heterocycles. The Hall–Kier alpha value is -3.90. The lowest BCUT2D eigenvalue weighted by molar-refractivity contribution is 0.186. The first kappa shape index (κ1) is 33.0. The van der Waals surface area contributed by atoms with Crippen molar-refractivity contribution in [3.8, 4) is 11.6 Å². The molecule has 1 saturated carbocycles. The maximum atomic E-state index is 16.1. The second-order valence-corrected chi connectivity index (χ2v) is 16.6. The summed E-state index contributed by atoms with van der Waals surface area (Å²) in [6, 6.07) is 12.2. The second-order valence-electron chi connectivity index (χ2n) is 14.7. The molecule has 0 spiro atoms. The van der Waals surface area contributed by atoms with E-state index in [9.17, 15) is 8.42 Å². The summed E-state index contributed by atoms with van der Waals surface area (Å²) < 4.78 is 59.6. The topological polar surface area (TPSA) is 104 Å². The maximum Gasteiger partial charge on any atom is 0.244 e. The van der Waals surface area contributed by atoms with E-state index in [2.05, 4.69) is 52.0 Å². The quantitative estimate of drug-likeness (QED) is 0.217. The number of hydrogen-bond acceptors (Lipinski definition) is 7. The van der Waals surface area contributed by atoms with Crippen molar-refractivity contribution in [1.29, 1.82) is 0 Å². The molecule has 2 atom stereocenters. The molecule has 0 bridgehead atoms. The van der Waals surface area contributed by atoms with E-state index in [1.54, 1.807) is 23.9 Å². The van der Waals surface area contributed by atoms with Gasteiger partial charge in [0, 0.05) is 43.2 Å². The van der Waals surface area contributed by atoms with Crippen LogP contribution in [0.2, 0.25) is 0 Å². The van der Waals surface area contributed by atoms with Crippen LogP contribution in [-0.4, -0.2) is 45.5 Å². The van der Waals surface area contributed by atoms with Crippen LogP contribution in [-0.2, 0) is 41.1 Å². The largest absolute Gasteiger partial charge is 0.497 e. The van der Waals surface area contributed by atoms with Crippen LogP contribution in [0.25, 0.3) is 0 Å². The third-order valence-corrected chi connectivity index (χ3v) is 10.9. The molecule has 1 aliphatic heterocycles. The Morgan fingerprint density at radius 3 is 2.43 bits per heavy atom. The molecule has 1 aliphatic carbocycles. The molecule has 0 amide bonds. The maximum absolute atomic E-state index is 16.1. The molecule has 0 radical (unpaired) electrons. The minimum Gasteiger partial charge on any atom is -0.497 e. The second kappa shape index (κ2) is 12.0. The summed E-state index contributed by atoms with van der Waals surface area (Å²) >= 11 is 0. The van der Waals surface area contributed by atoms with E-state index in [0.717, 1.165) is 42.0 Å². The number of hydrogen-bond donors (Lipinski definition) is 1. The highest BCUT2D eigenvalue weighted by Gasteiger charge is 2.38. The Morgan fingerprint density at radius 1 is 1.04 bits per heavy atom. The first-order valence-corrected chi connectivity index (χ1v) is 17.5. The number of methoxy groups -OCH3 is 1. The zero-order valence-corrected chi connectivity index (χ0v) is 29.3. The fourth-order valence-electron chi connectivity index (χ4n) is 6.46. The van der Waals surface area contributed by atoms with E-state index >= 15 is 4.39 Å². The first-order chi connectivity index (χ1) is 22.1. The highest BCUT2D eigenvalue weighted by molar-refractivity contribution is 7.89. The van der Waals surface area contributed by atoms with Crippen molar-refractivity contribution in [1.82, 2.24) is 23.9 Å². The van der Waals surface area contributed by atoms with Gasteiger partial charge in [-0.05, 0) is 75.3 Å². The van der Waals surface area contributed by atoms with E-state index in [1.165, 1.54) is 16.4 Å². The Bertz CT molecular complexity index is 1890. The Labute approximate surface area is 276 Å². The molecule has 1 N–H and O–H groups in total. The van der Waals surface area contributed by atoms with E-state index in [-0.39, 0.29) is 46.7 Å². The number of aryl methyl sites for hydroxylation is 1. The number of nitrogens with zero attached hydrogens (tertiary/aromatic N) is 5. The van der Waals surface area contributed by atoms with Crippen molar-refractivity contribution < 1.29 is 22.3 Å². The van der Waals surface area contributed by atoms with Gasteiger partial charge in [-0.25, -0.2) is 22.2 Å². The minimum absolute atomic E-state index is 0.000817. The Balaban J connectivity index is 1.22. The molecule has 12 heteroatoms. The normalized spacial score (nSPS) is 19.6. The lowest BCUT2D eigenvalue weighted by Crippen LogP contribution is -2.25. The van der Waals surface area contributed by atoms with Gasteiger partial charge in [-0.2, -0.15) is 14.5 Å². The van der Waals surface area contributed by atoms with Gasteiger partial charge in [-0.1, -0.05) is 32.9 Å². The lowest BCUT2D eigenvalue weighted by atomic mass is 9.89. The summed E-state index contributed by atoms with van der Waals surface area (Å²) in [5.74, 6) is 1.74. The number of ether oxygens (including phenoxy) is 2. The average Bonchev–Trinajstić information content (AvgIpc) is 3.77. The van der Waals surface area contributed by atoms with Crippen molar-refractivity contribution in [2.75, 3.05) is 12.4 Å². The molecule has 2 aliphatic rings. The number of fused-ring (bicyclic) bond motifs is 1. The van der Waals surface area contributed by atoms with Crippen LogP contribution in [0.5, 0.6) is 11.6 Å². The molecule has 2 aromatic heterocycles. The molecule has 47 heavy (non-hydrogen) atoms. The molecule has 10 nitrogen and oxygen atoms in total. The monoisotopic (exact) mass is 664 g/mol. The summed E-state index contributed by atoms with van der Waals surface area (Å²) in [7, 11) is -0.365. The fourth-order valence-corrected chi connectivity index (χ4v) is 8.06.